The lowest BCUT2D eigenvalue weighted by atomic mass is 9.77. The number of carbonyl (C=O) groups is 2. The van der Waals surface area contributed by atoms with Crippen molar-refractivity contribution in [2.75, 3.05) is 12.9 Å². The Morgan fingerprint density at radius 1 is 1.29 bits per heavy atom. The predicted molar refractivity (Wildman–Crippen MR) is 109 cm³/mol. The van der Waals surface area contributed by atoms with Crippen molar-refractivity contribution in [2.24, 2.45) is 5.92 Å². The fourth-order valence-corrected chi connectivity index (χ4v) is 4.17. The normalized spacial score (nSPS) is 21.9. The standard InChI is InChI=1S/C21H26N2O4S/c1-15-8-10-21(11-9-15,20(25)26-2)23-18(24)14-28-13-17-12-27-19(22-17)16-6-4-3-5-7-16/h3-7,12,15H,8-11,13-14H2,1-2H3,(H,23,24). The predicted octanol–water partition coefficient (Wildman–Crippen LogP) is 3.81. The summed E-state index contributed by atoms with van der Waals surface area (Å²) in [5.41, 5.74) is 0.821. The SMILES string of the molecule is COC(=O)C1(NC(=O)CSCc2coc(-c3ccccc3)n2)CCC(C)CC1. The van der Waals surface area contributed by atoms with Crippen molar-refractivity contribution in [1.82, 2.24) is 10.3 Å². The molecule has 7 heteroatoms. The summed E-state index contributed by atoms with van der Waals surface area (Å²) in [6, 6.07) is 9.68. The van der Waals surface area contributed by atoms with Gasteiger partial charge in [-0.25, -0.2) is 9.78 Å². The van der Waals surface area contributed by atoms with Crippen molar-refractivity contribution in [1.29, 1.82) is 0 Å². The molecule has 1 amide bonds. The summed E-state index contributed by atoms with van der Waals surface area (Å²) < 4.78 is 10.5. The van der Waals surface area contributed by atoms with E-state index < -0.39 is 5.54 Å². The van der Waals surface area contributed by atoms with Gasteiger partial charge < -0.3 is 14.5 Å². The molecule has 0 saturated heterocycles. The molecule has 2 aromatic rings. The molecule has 28 heavy (non-hydrogen) atoms. The van der Waals surface area contributed by atoms with Gasteiger partial charge in [0.15, 0.2) is 0 Å². The maximum absolute atomic E-state index is 12.5. The average Bonchev–Trinajstić information content (AvgIpc) is 3.19. The number of amides is 1. The van der Waals surface area contributed by atoms with Crippen LogP contribution in [0.3, 0.4) is 0 Å². The van der Waals surface area contributed by atoms with Gasteiger partial charge in [0.05, 0.1) is 18.6 Å². The molecule has 6 nitrogen and oxygen atoms in total. The second kappa shape index (κ2) is 9.28. The molecule has 1 heterocycles. The maximum Gasteiger partial charge on any atom is 0.331 e. The topological polar surface area (TPSA) is 81.4 Å². The van der Waals surface area contributed by atoms with Crippen molar-refractivity contribution in [3.63, 3.8) is 0 Å². The van der Waals surface area contributed by atoms with Crippen LogP contribution in [0.2, 0.25) is 0 Å². The van der Waals surface area contributed by atoms with Gasteiger partial charge >= 0.3 is 5.97 Å². The summed E-state index contributed by atoms with van der Waals surface area (Å²) in [5.74, 6) is 1.45. The second-order valence-electron chi connectivity index (χ2n) is 7.31. The minimum Gasteiger partial charge on any atom is -0.467 e. The van der Waals surface area contributed by atoms with E-state index in [-0.39, 0.29) is 17.6 Å². The molecule has 1 fully saturated rings. The zero-order valence-corrected chi connectivity index (χ0v) is 17.1. The maximum atomic E-state index is 12.5. The molecule has 150 valence electrons. The third-order valence-corrected chi connectivity index (χ3v) is 6.10. The molecule has 1 aliphatic carbocycles. The number of methoxy groups -OCH3 is 1. The van der Waals surface area contributed by atoms with Crippen LogP contribution in [0.4, 0.5) is 0 Å². The molecule has 0 unspecified atom stereocenters. The van der Waals surface area contributed by atoms with E-state index in [1.165, 1.54) is 18.9 Å². The van der Waals surface area contributed by atoms with Crippen LogP contribution >= 0.6 is 11.8 Å². The van der Waals surface area contributed by atoms with E-state index in [0.29, 0.717) is 30.4 Å². The Hall–Kier alpha value is -2.28. The number of rotatable bonds is 7. The van der Waals surface area contributed by atoms with Gasteiger partial charge in [-0.05, 0) is 43.7 Å². The van der Waals surface area contributed by atoms with Crippen molar-refractivity contribution in [3.8, 4) is 11.5 Å². The average molecular weight is 403 g/mol. The van der Waals surface area contributed by atoms with Gasteiger partial charge in [-0.2, -0.15) is 0 Å². The number of carbonyl (C=O) groups excluding carboxylic acids is 2. The van der Waals surface area contributed by atoms with Crippen molar-refractivity contribution >= 4 is 23.6 Å². The van der Waals surface area contributed by atoms with Crippen LogP contribution in [0.1, 0.15) is 38.3 Å². The Morgan fingerprint density at radius 2 is 2.00 bits per heavy atom. The van der Waals surface area contributed by atoms with Gasteiger partial charge in [-0.3, -0.25) is 4.79 Å². The lowest BCUT2D eigenvalue weighted by Crippen LogP contribution is -2.57. The van der Waals surface area contributed by atoms with Crippen LogP contribution in [-0.4, -0.2) is 35.3 Å². The first-order valence-corrected chi connectivity index (χ1v) is 10.6. The van der Waals surface area contributed by atoms with Gasteiger partial charge in [0.25, 0.3) is 0 Å². The lowest BCUT2D eigenvalue weighted by Gasteiger charge is -2.37. The Morgan fingerprint density at radius 3 is 2.68 bits per heavy atom. The van der Waals surface area contributed by atoms with E-state index in [9.17, 15) is 9.59 Å². The fraction of sp³-hybridized carbons (Fsp3) is 0.476. The molecule has 0 radical (unpaired) electrons. The zero-order valence-electron chi connectivity index (χ0n) is 16.3. The molecule has 0 spiro atoms. The van der Waals surface area contributed by atoms with Gasteiger partial charge in [0.2, 0.25) is 11.8 Å². The van der Waals surface area contributed by atoms with Crippen LogP contribution in [0, 0.1) is 5.92 Å². The minimum atomic E-state index is -0.882. The largest absolute Gasteiger partial charge is 0.467 e. The molecule has 0 bridgehead atoms. The highest BCUT2D eigenvalue weighted by atomic mass is 32.2. The van der Waals surface area contributed by atoms with Crippen LogP contribution < -0.4 is 5.32 Å². The molecule has 1 aromatic carbocycles. The number of ether oxygens (including phenoxy) is 1. The highest BCUT2D eigenvalue weighted by Crippen LogP contribution is 2.33. The summed E-state index contributed by atoms with van der Waals surface area (Å²) in [7, 11) is 1.37. The van der Waals surface area contributed by atoms with Crippen LogP contribution in [0.25, 0.3) is 11.5 Å². The number of aromatic nitrogens is 1. The van der Waals surface area contributed by atoms with E-state index >= 15 is 0 Å². The quantitative estimate of drug-likeness (QED) is 0.709. The Bertz CT molecular complexity index is 798. The summed E-state index contributed by atoms with van der Waals surface area (Å²) in [5, 5.41) is 2.94. The smallest absolute Gasteiger partial charge is 0.331 e. The van der Waals surface area contributed by atoms with E-state index in [1.54, 1.807) is 6.26 Å². The number of nitrogens with one attached hydrogen (secondary N) is 1. The number of thioether (sulfide) groups is 1. The Labute approximate surface area is 169 Å². The first-order chi connectivity index (χ1) is 13.5. The summed E-state index contributed by atoms with van der Waals surface area (Å²) in [4.78, 5) is 29.2. The number of hydrogen-bond acceptors (Lipinski definition) is 6. The summed E-state index contributed by atoms with van der Waals surface area (Å²) in [6.07, 6.45) is 4.68. The Kier molecular flexibility index (Phi) is 6.78. The van der Waals surface area contributed by atoms with E-state index in [0.717, 1.165) is 24.1 Å². The first kappa shape index (κ1) is 20.5. The van der Waals surface area contributed by atoms with Crippen molar-refractivity contribution < 1.29 is 18.7 Å². The van der Waals surface area contributed by atoms with Gasteiger partial charge in [-0.15, -0.1) is 11.8 Å². The van der Waals surface area contributed by atoms with Gasteiger partial charge in [0.1, 0.15) is 11.8 Å². The molecule has 1 saturated carbocycles. The number of benzene rings is 1. The molecule has 1 aliphatic rings. The molecule has 0 atom stereocenters. The van der Waals surface area contributed by atoms with Crippen LogP contribution in [0.5, 0.6) is 0 Å². The van der Waals surface area contributed by atoms with Crippen LogP contribution in [0.15, 0.2) is 41.0 Å². The molecule has 1 N–H and O–H groups in total. The lowest BCUT2D eigenvalue weighted by molar-refractivity contribution is -0.152. The van der Waals surface area contributed by atoms with Crippen molar-refractivity contribution in [3.05, 3.63) is 42.3 Å². The molecule has 0 aliphatic heterocycles. The minimum absolute atomic E-state index is 0.156. The highest BCUT2D eigenvalue weighted by molar-refractivity contribution is 7.99. The third-order valence-electron chi connectivity index (χ3n) is 5.14. The number of hydrogen-bond donors (Lipinski definition) is 1. The van der Waals surface area contributed by atoms with Gasteiger partial charge in [-0.1, -0.05) is 25.1 Å². The Balaban J connectivity index is 1.51. The summed E-state index contributed by atoms with van der Waals surface area (Å²) >= 11 is 1.44. The highest BCUT2D eigenvalue weighted by Gasteiger charge is 2.43. The summed E-state index contributed by atoms with van der Waals surface area (Å²) in [6.45, 7) is 2.17. The monoisotopic (exact) mass is 402 g/mol. The third kappa shape index (κ3) is 4.95. The molecular weight excluding hydrogens is 376 g/mol. The van der Waals surface area contributed by atoms with Gasteiger partial charge in [0, 0.05) is 11.3 Å². The zero-order chi connectivity index (χ0) is 20.0. The first-order valence-electron chi connectivity index (χ1n) is 9.49. The van der Waals surface area contributed by atoms with E-state index in [4.69, 9.17) is 9.15 Å². The van der Waals surface area contributed by atoms with E-state index in [1.807, 2.05) is 30.3 Å². The fourth-order valence-electron chi connectivity index (χ4n) is 3.47. The number of nitrogens with zero attached hydrogens (tertiary/aromatic N) is 1. The second-order valence-corrected chi connectivity index (χ2v) is 8.29. The molecule has 3 rings (SSSR count). The number of oxazole rings is 1. The number of esters is 1. The van der Waals surface area contributed by atoms with Crippen molar-refractivity contribution in [2.45, 2.75) is 43.9 Å². The van der Waals surface area contributed by atoms with E-state index in [2.05, 4.69) is 17.2 Å². The van der Waals surface area contributed by atoms with Crippen LogP contribution in [-0.2, 0) is 20.1 Å². The molecular formula is C21H26N2O4S. The molecule has 1 aromatic heterocycles.